The molecule has 4 heteroatoms. The van der Waals surface area contributed by atoms with Gasteiger partial charge in [0, 0.05) is 11.1 Å². The summed E-state index contributed by atoms with van der Waals surface area (Å²) in [7, 11) is 0. The number of furan rings is 1. The van der Waals surface area contributed by atoms with Gasteiger partial charge < -0.3 is 4.42 Å². The fourth-order valence-corrected chi connectivity index (χ4v) is 3.53. The van der Waals surface area contributed by atoms with Gasteiger partial charge in [-0.15, -0.1) is 0 Å². The molecule has 108 valence electrons. The molecule has 4 aromatic rings. The van der Waals surface area contributed by atoms with Gasteiger partial charge in [0.2, 0.25) is 0 Å². The summed E-state index contributed by atoms with van der Waals surface area (Å²) in [6, 6.07) is 16.4. The summed E-state index contributed by atoms with van der Waals surface area (Å²) in [6.07, 6.45) is 1.62. The standard InChI is InChI=1S/C18H14N2OS/c1-12-6-2-3-7-13(12)10-22-18-17-16(19-11-20-18)14-8-4-5-9-15(14)21-17/h2-9,11H,10H2,1H3. The van der Waals surface area contributed by atoms with E-state index in [-0.39, 0.29) is 0 Å². The summed E-state index contributed by atoms with van der Waals surface area (Å²) in [6.45, 7) is 2.13. The van der Waals surface area contributed by atoms with Crippen LogP contribution >= 0.6 is 11.8 Å². The molecule has 2 aromatic heterocycles. The van der Waals surface area contributed by atoms with Gasteiger partial charge in [0.05, 0.1) is 0 Å². The van der Waals surface area contributed by atoms with E-state index >= 15 is 0 Å². The summed E-state index contributed by atoms with van der Waals surface area (Å²) in [4.78, 5) is 8.79. The summed E-state index contributed by atoms with van der Waals surface area (Å²) in [5.74, 6) is 0.871. The molecule has 0 unspecified atom stereocenters. The monoisotopic (exact) mass is 306 g/mol. The van der Waals surface area contributed by atoms with Crippen molar-refractivity contribution in [3.05, 3.63) is 66.0 Å². The van der Waals surface area contributed by atoms with E-state index < -0.39 is 0 Å². The Bertz CT molecular complexity index is 962. The molecule has 0 bridgehead atoms. The molecule has 22 heavy (non-hydrogen) atoms. The van der Waals surface area contributed by atoms with Crippen LogP contribution in [0, 0.1) is 6.92 Å². The predicted molar refractivity (Wildman–Crippen MR) is 90.1 cm³/mol. The van der Waals surface area contributed by atoms with Crippen LogP contribution in [-0.4, -0.2) is 9.97 Å². The Hall–Kier alpha value is -2.33. The average molecular weight is 306 g/mol. The van der Waals surface area contributed by atoms with Crippen LogP contribution in [0.2, 0.25) is 0 Å². The SMILES string of the molecule is Cc1ccccc1CSc1ncnc2c1oc1ccccc12. The van der Waals surface area contributed by atoms with Gasteiger partial charge >= 0.3 is 0 Å². The molecule has 0 spiro atoms. The first-order valence-corrected chi connectivity index (χ1v) is 8.11. The highest BCUT2D eigenvalue weighted by Crippen LogP contribution is 2.33. The van der Waals surface area contributed by atoms with Crippen LogP contribution in [0.15, 0.2) is 64.3 Å². The first-order chi connectivity index (χ1) is 10.8. The minimum Gasteiger partial charge on any atom is -0.451 e. The van der Waals surface area contributed by atoms with Gasteiger partial charge in [0.25, 0.3) is 0 Å². The Balaban J connectivity index is 1.74. The zero-order valence-corrected chi connectivity index (χ0v) is 12.9. The van der Waals surface area contributed by atoms with Crippen LogP contribution < -0.4 is 0 Å². The second kappa shape index (κ2) is 5.46. The van der Waals surface area contributed by atoms with Crippen LogP contribution in [0.5, 0.6) is 0 Å². The lowest BCUT2D eigenvalue weighted by molar-refractivity contribution is 0.653. The lowest BCUT2D eigenvalue weighted by Gasteiger charge is -2.04. The molecule has 3 nitrogen and oxygen atoms in total. The molecule has 0 aliphatic carbocycles. The van der Waals surface area contributed by atoms with Crippen molar-refractivity contribution < 1.29 is 4.42 Å². The number of hydrogen-bond acceptors (Lipinski definition) is 4. The molecule has 0 saturated heterocycles. The first kappa shape index (κ1) is 13.3. The third kappa shape index (κ3) is 2.25. The van der Waals surface area contributed by atoms with Crippen molar-refractivity contribution in [2.75, 3.05) is 0 Å². The lowest BCUT2D eigenvalue weighted by atomic mass is 10.1. The number of aromatic nitrogens is 2. The number of hydrogen-bond donors (Lipinski definition) is 0. The number of thioether (sulfide) groups is 1. The number of para-hydroxylation sites is 1. The molecule has 0 atom stereocenters. The summed E-state index contributed by atoms with van der Waals surface area (Å²) in [5.41, 5.74) is 5.14. The van der Waals surface area contributed by atoms with Crippen LogP contribution in [-0.2, 0) is 5.75 Å². The van der Waals surface area contributed by atoms with E-state index in [9.17, 15) is 0 Å². The Morgan fingerprint density at radius 2 is 1.82 bits per heavy atom. The highest BCUT2D eigenvalue weighted by Gasteiger charge is 2.13. The molecular weight excluding hydrogens is 292 g/mol. The maximum Gasteiger partial charge on any atom is 0.186 e. The normalized spacial score (nSPS) is 11.3. The number of rotatable bonds is 3. The van der Waals surface area contributed by atoms with Crippen molar-refractivity contribution in [3.8, 4) is 0 Å². The highest BCUT2D eigenvalue weighted by atomic mass is 32.2. The largest absolute Gasteiger partial charge is 0.451 e. The Kier molecular flexibility index (Phi) is 3.31. The molecule has 2 aromatic carbocycles. The zero-order chi connectivity index (χ0) is 14.9. The average Bonchev–Trinajstić information content (AvgIpc) is 2.93. The fourth-order valence-electron chi connectivity index (χ4n) is 2.52. The molecule has 4 rings (SSSR count). The van der Waals surface area contributed by atoms with Crippen LogP contribution in [0.25, 0.3) is 22.1 Å². The van der Waals surface area contributed by atoms with E-state index in [1.54, 1.807) is 18.1 Å². The summed E-state index contributed by atoms with van der Waals surface area (Å²) in [5, 5.41) is 1.93. The van der Waals surface area contributed by atoms with E-state index in [2.05, 4.69) is 41.2 Å². The van der Waals surface area contributed by atoms with Crippen molar-refractivity contribution >= 4 is 33.8 Å². The summed E-state index contributed by atoms with van der Waals surface area (Å²) >= 11 is 1.69. The molecule has 0 amide bonds. The second-order valence-corrected chi connectivity index (χ2v) is 6.13. The molecule has 2 heterocycles. The fraction of sp³-hybridized carbons (Fsp3) is 0.111. The van der Waals surface area contributed by atoms with Crippen molar-refractivity contribution in [1.29, 1.82) is 0 Å². The third-order valence-corrected chi connectivity index (χ3v) is 4.77. The smallest absolute Gasteiger partial charge is 0.186 e. The van der Waals surface area contributed by atoms with Crippen LogP contribution in [0.3, 0.4) is 0 Å². The molecule has 0 N–H and O–H groups in total. The molecule has 0 saturated carbocycles. The van der Waals surface area contributed by atoms with Crippen LogP contribution in [0.1, 0.15) is 11.1 Å². The zero-order valence-electron chi connectivity index (χ0n) is 12.1. The van der Waals surface area contributed by atoms with Gasteiger partial charge in [-0.1, -0.05) is 48.2 Å². The number of aryl methyl sites for hydroxylation is 1. The maximum atomic E-state index is 5.96. The molecular formula is C18H14N2OS. The van der Waals surface area contributed by atoms with Crippen molar-refractivity contribution in [3.63, 3.8) is 0 Å². The highest BCUT2D eigenvalue weighted by molar-refractivity contribution is 7.98. The van der Waals surface area contributed by atoms with E-state index in [0.29, 0.717) is 0 Å². The Morgan fingerprint density at radius 3 is 2.73 bits per heavy atom. The van der Waals surface area contributed by atoms with E-state index in [0.717, 1.165) is 32.8 Å². The Morgan fingerprint density at radius 1 is 1.00 bits per heavy atom. The minimum absolute atomic E-state index is 0.780. The van der Waals surface area contributed by atoms with Gasteiger partial charge in [0.1, 0.15) is 22.5 Å². The van der Waals surface area contributed by atoms with Gasteiger partial charge in [-0.05, 0) is 30.2 Å². The maximum absolute atomic E-state index is 5.96. The third-order valence-electron chi connectivity index (χ3n) is 3.75. The molecule has 0 radical (unpaired) electrons. The quantitative estimate of drug-likeness (QED) is 0.395. The van der Waals surface area contributed by atoms with Gasteiger partial charge in [0.15, 0.2) is 5.58 Å². The number of fused-ring (bicyclic) bond motifs is 3. The Labute approximate surface area is 132 Å². The predicted octanol–water partition coefficient (Wildman–Crippen LogP) is 4.98. The minimum atomic E-state index is 0.780. The number of benzene rings is 2. The molecule has 0 aliphatic heterocycles. The second-order valence-electron chi connectivity index (χ2n) is 5.17. The van der Waals surface area contributed by atoms with Gasteiger partial charge in [-0.25, -0.2) is 9.97 Å². The van der Waals surface area contributed by atoms with E-state index in [4.69, 9.17) is 4.42 Å². The van der Waals surface area contributed by atoms with Gasteiger partial charge in [-0.2, -0.15) is 0 Å². The van der Waals surface area contributed by atoms with Crippen LogP contribution in [0.4, 0.5) is 0 Å². The lowest BCUT2D eigenvalue weighted by Crippen LogP contribution is -1.88. The van der Waals surface area contributed by atoms with E-state index in [1.165, 1.54) is 11.1 Å². The summed E-state index contributed by atoms with van der Waals surface area (Å²) < 4.78 is 5.96. The van der Waals surface area contributed by atoms with Crippen molar-refractivity contribution in [2.24, 2.45) is 0 Å². The van der Waals surface area contributed by atoms with E-state index in [1.807, 2.05) is 24.3 Å². The first-order valence-electron chi connectivity index (χ1n) is 7.12. The molecule has 0 aliphatic rings. The topological polar surface area (TPSA) is 38.9 Å². The van der Waals surface area contributed by atoms with Gasteiger partial charge in [-0.3, -0.25) is 0 Å². The van der Waals surface area contributed by atoms with Crippen molar-refractivity contribution in [1.82, 2.24) is 9.97 Å². The number of nitrogens with zero attached hydrogens (tertiary/aromatic N) is 2. The van der Waals surface area contributed by atoms with Crippen molar-refractivity contribution in [2.45, 2.75) is 17.7 Å². The molecule has 0 fully saturated rings.